The summed E-state index contributed by atoms with van der Waals surface area (Å²) in [6.45, 7) is 4.46. The van der Waals surface area contributed by atoms with Gasteiger partial charge in [-0.3, -0.25) is 4.79 Å². The van der Waals surface area contributed by atoms with Gasteiger partial charge in [-0.1, -0.05) is 29.8 Å². The molecule has 0 radical (unpaired) electrons. The Kier molecular flexibility index (Phi) is 1.48. The van der Waals surface area contributed by atoms with E-state index < -0.39 is 0 Å². The van der Waals surface area contributed by atoms with Crippen LogP contribution in [0.4, 0.5) is 0 Å². The van der Waals surface area contributed by atoms with Gasteiger partial charge in [-0.2, -0.15) is 0 Å². The van der Waals surface area contributed by atoms with E-state index in [-0.39, 0.29) is 5.41 Å². The summed E-state index contributed by atoms with van der Waals surface area (Å²) in [5.41, 5.74) is 0.269. The first-order valence-electron chi connectivity index (χ1n) is 4.20. The minimum Gasteiger partial charge on any atom is -0.299 e. The average molecular weight is 217 g/mol. The monoisotopic (exact) mass is 216 g/mol. The highest BCUT2D eigenvalue weighted by atomic mass is 79.9. The lowest BCUT2D eigenvalue weighted by molar-refractivity contribution is -0.122. The highest BCUT2D eigenvalue weighted by molar-refractivity contribution is 9.09. The molecule has 0 aliphatic heterocycles. The molecule has 0 aromatic rings. The van der Waals surface area contributed by atoms with Crippen molar-refractivity contribution in [1.82, 2.24) is 0 Å². The van der Waals surface area contributed by atoms with Crippen LogP contribution in [0, 0.1) is 17.3 Å². The third-order valence-corrected chi connectivity index (χ3v) is 4.57. The second-order valence-electron chi connectivity index (χ2n) is 4.40. The van der Waals surface area contributed by atoms with Crippen LogP contribution in [-0.4, -0.2) is 10.6 Å². The lowest BCUT2D eigenvalue weighted by Crippen LogP contribution is -2.19. The Balaban J connectivity index is 2.35. The van der Waals surface area contributed by atoms with Gasteiger partial charge in [0.1, 0.15) is 5.78 Å². The van der Waals surface area contributed by atoms with Gasteiger partial charge in [-0.15, -0.1) is 0 Å². The summed E-state index contributed by atoms with van der Waals surface area (Å²) in [5, 5.41) is 0. The molecule has 11 heavy (non-hydrogen) atoms. The number of halogens is 1. The van der Waals surface area contributed by atoms with Crippen LogP contribution in [0.25, 0.3) is 0 Å². The zero-order valence-electron chi connectivity index (χ0n) is 6.93. The predicted octanol–water partition coefficient (Wildman–Crippen LogP) is 2.39. The molecular formula is C9H13BrO. The largest absolute Gasteiger partial charge is 0.299 e. The van der Waals surface area contributed by atoms with Gasteiger partial charge >= 0.3 is 0 Å². The molecule has 2 saturated carbocycles. The first kappa shape index (κ1) is 7.78. The molecule has 0 spiro atoms. The number of carbonyl (C=O) groups excluding carboxylic acids is 1. The van der Waals surface area contributed by atoms with E-state index >= 15 is 0 Å². The summed E-state index contributed by atoms with van der Waals surface area (Å²) in [5.74, 6) is 1.44. The van der Waals surface area contributed by atoms with Crippen molar-refractivity contribution in [1.29, 1.82) is 0 Å². The third kappa shape index (κ3) is 0.851. The Morgan fingerprint density at radius 3 is 2.45 bits per heavy atom. The average Bonchev–Trinajstić information content (AvgIpc) is 2.21. The molecule has 0 aromatic heterocycles. The molecular weight excluding hydrogens is 204 g/mol. The fraction of sp³-hybridized carbons (Fsp3) is 0.889. The van der Waals surface area contributed by atoms with Crippen molar-refractivity contribution >= 4 is 21.7 Å². The van der Waals surface area contributed by atoms with Gasteiger partial charge in [0.25, 0.3) is 0 Å². The molecule has 2 aliphatic carbocycles. The highest BCUT2D eigenvalue weighted by Gasteiger charge is 2.56. The van der Waals surface area contributed by atoms with Gasteiger partial charge in [0.2, 0.25) is 0 Å². The zero-order chi connectivity index (χ0) is 8.22. The van der Waals surface area contributed by atoms with Crippen molar-refractivity contribution < 1.29 is 4.79 Å². The lowest BCUT2D eigenvalue weighted by Gasteiger charge is -2.23. The first-order chi connectivity index (χ1) is 5.03. The number of alkyl halides is 1. The topological polar surface area (TPSA) is 17.1 Å². The number of rotatable bonds is 0. The van der Waals surface area contributed by atoms with Crippen LogP contribution >= 0.6 is 15.9 Å². The van der Waals surface area contributed by atoms with Crippen molar-refractivity contribution in [2.45, 2.75) is 31.5 Å². The van der Waals surface area contributed by atoms with Gasteiger partial charge < -0.3 is 0 Å². The van der Waals surface area contributed by atoms with E-state index in [0.29, 0.717) is 22.4 Å². The van der Waals surface area contributed by atoms with E-state index in [2.05, 4.69) is 29.8 Å². The van der Waals surface area contributed by atoms with Crippen molar-refractivity contribution in [3.8, 4) is 0 Å². The number of hydrogen-bond acceptors (Lipinski definition) is 1. The minimum absolute atomic E-state index is 0.269. The quantitative estimate of drug-likeness (QED) is 0.569. The molecule has 0 saturated heterocycles. The summed E-state index contributed by atoms with van der Waals surface area (Å²) in [6.07, 6.45) is 1.88. The van der Waals surface area contributed by atoms with E-state index in [9.17, 15) is 4.79 Å². The lowest BCUT2D eigenvalue weighted by atomic mass is 9.82. The Hall–Kier alpha value is 0.150. The highest BCUT2D eigenvalue weighted by Crippen LogP contribution is 2.57. The zero-order valence-corrected chi connectivity index (χ0v) is 8.52. The van der Waals surface area contributed by atoms with Crippen LogP contribution in [0.2, 0.25) is 0 Å². The maximum atomic E-state index is 11.4. The van der Waals surface area contributed by atoms with Gasteiger partial charge in [-0.25, -0.2) is 0 Å². The van der Waals surface area contributed by atoms with E-state index in [4.69, 9.17) is 0 Å². The van der Waals surface area contributed by atoms with Gasteiger partial charge in [-0.05, 0) is 17.8 Å². The van der Waals surface area contributed by atoms with Crippen LogP contribution in [-0.2, 0) is 4.79 Å². The molecule has 3 atom stereocenters. The summed E-state index contributed by atoms with van der Waals surface area (Å²) in [7, 11) is 0. The summed E-state index contributed by atoms with van der Waals surface area (Å²) in [4.78, 5) is 12.0. The molecule has 0 heterocycles. The second-order valence-corrected chi connectivity index (χ2v) is 5.58. The number of carbonyl (C=O) groups is 1. The Morgan fingerprint density at radius 2 is 2.18 bits per heavy atom. The van der Waals surface area contributed by atoms with Crippen LogP contribution in [0.3, 0.4) is 0 Å². The third-order valence-electron chi connectivity index (χ3n) is 3.56. The van der Waals surface area contributed by atoms with Gasteiger partial charge in [0, 0.05) is 17.2 Å². The molecule has 2 rings (SSSR count). The molecule has 0 amide bonds. The van der Waals surface area contributed by atoms with Crippen molar-refractivity contribution in [2.24, 2.45) is 17.3 Å². The molecule has 1 nitrogen and oxygen atoms in total. The maximum absolute atomic E-state index is 11.4. The molecule has 2 bridgehead atoms. The van der Waals surface area contributed by atoms with E-state index in [1.165, 1.54) is 0 Å². The molecule has 2 heteroatoms. The summed E-state index contributed by atoms with van der Waals surface area (Å²) >= 11 is 3.65. The second kappa shape index (κ2) is 2.09. The molecule has 2 aliphatic rings. The molecule has 0 unspecified atom stereocenters. The summed E-state index contributed by atoms with van der Waals surface area (Å²) < 4.78 is 0. The van der Waals surface area contributed by atoms with Crippen LogP contribution < -0.4 is 0 Å². The normalized spacial score (nSPS) is 46.8. The molecule has 2 fully saturated rings. The van der Waals surface area contributed by atoms with Crippen molar-refractivity contribution in [3.63, 3.8) is 0 Å². The minimum atomic E-state index is 0.269. The Bertz CT molecular complexity index is 210. The number of hydrogen-bond donors (Lipinski definition) is 0. The molecule has 0 aromatic carbocycles. The predicted molar refractivity (Wildman–Crippen MR) is 47.7 cm³/mol. The fourth-order valence-corrected chi connectivity index (χ4v) is 3.96. The van der Waals surface area contributed by atoms with Gasteiger partial charge in [0.15, 0.2) is 0 Å². The van der Waals surface area contributed by atoms with Crippen molar-refractivity contribution in [2.75, 3.05) is 0 Å². The Labute approximate surface area is 75.7 Å². The fourth-order valence-electron chi connectivity index (χ4n) is 2.71. The SMILES string of the molecule is CC1(C)[C@@H]2C[C@@H](Br)[C@H]1CC2=O. The van der Waals surface area contributed by atoms with Crippen LogP contribution in [0.1, 0.15) is 26.7 Å². The number of Topliss-reactive ketones (excluding diaryl/α,β-unsaturated/α-hetero) is 1. The van der Waals surface area contributed by atoms with Crippen LogP contribution in [0.15, 0.2) is 0 Å². The van der Waals surface area contributed by atoms with Crippen molar-refractivity contribution in [3.05, 3.63) is 0 Å². The summed E-state index contributed by atoms with van der Waals surface area (Å²) in [6, 6.07) is 0. The number of ketones is 1. The Morgan fingerprint density at radius 1 is 1.55 bits per heavy atom. The number of fused-ring (bicyclic) bond motifs is 2. The first-order valence-corrected chi connectivity index (χ1v) is 5.12. The van der Waals surface area contributed by atoms with Gasteiger partial charge in [0.05, 0.1) is 0 Å². The van der Waals surface area contributed by atoms with E-state index in [1.54, 1.807) is 0 Å². The van der Waals surface area contributed by atoms with E-state index in [1.807, 2.05) is 0 Å². The van der Waals surface area contributed by atoms with E-state index in [0.717, 1.165) is 12.8 Å². The van der Waals surface area contributed by atoms with Crippen LogP contribution in [0.5, 0.6) is 0 Å². The maximum Gasteiger partial charge on any atom is 0.136 e. The molecule has 62 valence electrons. The smallest absolute Gasteiger partial charge is 0.136 e. The standard InChI is InChI=1S/C9H13BrO/c1-9(2)5-4-8(11)6(9)3-7(5)10/h5-7H,3-4H2,1-2H3/t5-,6-,7-/m1/s1. The molecule has 0 N–H and O–H groups in total.